The monoisotopic (exact) mass is 183 g/mol. The number of allylic oxidation sites excluding steroid dienone is 1. The van der Waals surface area contributed by atoms with Gasteiger partial charge in [-0.1, -0.05) is 11.8 Å². The quantitative estimate of drug-likeness (QED) is 0.602. The van der Waals surface area contributed by atoms with E-state index in [0.29, 0.717) is 6.54 Å². The summed E-state index contributed by atoms with van der Waals surface area (Å²) in [5, 5.41) is 0. The zero-order valence-corrected chi connectivity index (χ0v) is 7.30. The van der Waals surface area contributed by atoms with Gasteiger partial charge in [-0.3, -0.25) is 9.89 Å². The summed E-state index contributed by atoms with van der Waals surface area (Å²) < 4.78 is 0. The zero-order valence-electron chi connectivity index (χ0n) is 6.49. The van der Waals surface area contributed by atoms with Gasteiger partial charge in [0.25, 0.3) is 0 Å². The van der Waals surface area contributed by atoms with Gasteiger partial charge in [0.1, 0.15) is 0 Å². The van der Waals surface area contributed by atoms with E-state index in [-0.39, 0.29) is 6.03 Å². The Hall–Kier alpha value is -0.970. The molecule has 0 unspecified atom stereocenters. The van der Waals surface area contributed by atoms with E-state index in [1.165, 1.54) is 4.90 Å². The predicted molar refractivity (Wildman–Crippen MR) is 48.9 cm³/mol. The van der Waals surface area contributed by atoms with Gasteiger partial charge in [0.15, 0.2) is 0 Å². The summed E-state index contributed by atoms with van der Waals surface area (Å²) in [6, 6.07) is -0.381. The number of nitrogens with two attached hydrogens (primary N) is 1. The molecule has 0 aliphatic carbocycles. The van der Waals surface area contributed by atoms with E-state index in [9.17, 15) is 4.79 Å². The largest absolute Gasteiger partial charge is 0.351 e. The molecule has 2 rings (SSSR count). The second-order valence-electron chi connectivity index (χ2n) is 2.65. The molecule has 0 aromatic heterocycles. The second kappa shape index (κ2) is 2.82. The van der Waals surface area contributed by atoms with Gasteiger partial charge >= 0.3 is 6.03 Å². The standard InChI is InChI=1S/C7H9N3OS/c8-7(11)10-2-1-5-6(3-10)12-4-9-5/h3H,1-2,4H2,(H2,8,11). The van der Waals surface area contributed by atoms with Crippen LogP contribution in [0.25, 0.3) is 0 Å². The molecule has 0 fully saturated rings. The molecule has 12 heavy (non-hydrogen) atoms. The number of carbonyl (C=O) groups excluding carboxylic acids is 1. The van der Waals surface area contributed by atoms with E-state index >= 15 is 0 Å². The highest BCUT2D eigenvalue weighted by molar-refractivity contribution is 8.04. The highest BCUT2D eigenvalue weighted by Crippen LogP contribution is 2.29. The molecule has 2 aliphatic rings. The van der Waals surface area contributed by atoms with Crippen LogP contribution in [0, 0.1) is 0 Å². The molecule has 5 heteroatoms. The smallest absolute Gasteiger partial charge is 0.318 e. The Morgan fingerprint density at radius 3 is 3.33 bits per heavy atom. The van der Waals surface area contributed by atoms with Crippen LogP contribution in [0.1, 0.15) is 6.42 Å². The van der Waals surface area contributed by atoms with Gasteiger partial charge < -0.3 is 5.73 Å². The van der Waals surface area contributed by atoms with Crippen LogP contribution in [-0.2, 0) is 0 Å². The van der Waals surface area contributed by atoms with Gasteiger partial charge in [0.2, 0.25) is 0 Å². The van der Waals surface area contributed by atoms with E-state index in [2.05, 4.69) is 4.99 Å². The molecule has 0 spiro atoms. The van der Waals surface area contributed by atoms with E-state index in [0.717, 1.165) is 22.9 Å². The molecule has 2 aliphatic heterocycles. The fourth-order valence-electron chi connectivity index (χ4n) is 1.26. The van der Waals surface area contributed by atoms with Crippen molar-refractivity contribution in [2.45, 2.75) is 6.42 Å². The molecule has 2 heterocycles. The van der Waals surface area contributed by atoms with Crippen molar-refractivity contribution in [3.8, 4) is 0 Å². The molecular weight excluding hydrogens is 174 g/mol. The summed E-state index contributed by atoms with van der Waals surface area (Å²) in [5.74, 6) is 0.785. The third-order valence-electron chi connectivity index (χ3n) is 1.91. The SMILES string of the molecule is NC(=O)N1C=C2SCN=C2CC1. The van der Waals surface area contributed by atoms with Crippen LogP contribution >= 0.6 is 11.8 Å². The van der Waals surface area contributed by atoms with Crippen LogP contribution in [0.2, 0.25) is 0 Å². The lowest BCUT2D eigenvalue weighted by Crippen LogP contribution is -2.35. The minimum absolute atomic E-state index is 0.381. The van der Waals surface area contributed by atoms with E-state index in [1.54, 1.807) is 18.0 Å². The normalized spacial score (nSPS) is 21.5. The maximum Gasteiger partial charge on any atom is 0.318 e. The molecule has 2 N–H and O–H groups in total. The number of rotatable bonds is 0. The Kier molecular flexibility index (Phi) is 1.80. The predicted octanol–water partition coefficient (Wildman–Crippen LogP) is 0.758. The Bertz CT molecular complexity index is 284. The molecule has 0 radical (unpaired) electrons. The average molecular weight is 183 g/mol. The van der Waals surface area contributed by atoms with E-state index in [4.69, 9.17) is 5.73 Å². The molecule has 0 aromatic rings. The summed E-state index contributed by atoms with van der Waals surface area (Å²) in [5.41, 5.74) is 6.27. The number of aliphatic imine (C=N–C) groups is 1. The van der Waals surface area contributed by atoms with Crippen LogP contribution in [0.15, 0.2) is 16.1 Å². The van der Waals surface area contributed by atoms with Crippen molar-refractivity contribution in [2.24, 2.45) is 10.7 Å². The average Bonchev–Trinajstić information content (AvgIpc) is 2.49. The van der Waals surface area contributed by atoms with Crippen LogP contribution < -0.4 is 5.73 Å². The Morgan fingerprint density at radius 1 is 1.75 bits per heavy atom. The number of hydrogen-bond donors (Lipinski definition) is 1. The fraction of sp³-hybridized carbons (Fsp3) is 0.429. The van der Waals surface area contributed by atoms with Crippen molar-refractivity contribution < 1.29 is 4.79 Å². The molecule has 0 atom stereocenters. The van der Waals surface area contributed by atoms with Crippen molar-refractivity contribution >= 4 is 23.5 Å². The first-order valence-electron chi connectivity index (χ1n) is 3.72. The highest BCUT2D eigenvalue weighted by Gasteiger charge is 2.22. The molecule has 0 bridgehead atoms. The lowest BCUT2D eigenvalue weighted by molar-refractivity contribution is 0.225. The summed E-state index contributed by atoms with van der Waals surface area (Å²) in [6.45, 7) is 0.665. The van der Waals surface area contributed by atoms with Crippen LogP contribution in [-0.4, -0.2) is 29.1 Å². The van der Waals surface area contributed by atoms with Gasteiger partial charge in [-0.15, -0.1) is 0 Å². The number of amides is 2. The first-order chi connectivity index (χ1) is 5.77. The summed E-state index contributed by atoms with van der Waals surface area (Å²) in [7, 11) is 0. The van der Waals surface area contributed by atoms with Gasteiger partial charge in [0, 0.05) is 24.1 Å². The lowest BCUT2D eigenvalue weighted by Gasteiger charge is -2.21. The van der Waals surface area contributed by atoms with Gasteiger partial charge in [-0.25, -0.2) is 4.79 Å². The number of fused-ring (bicyclic) bond motifs is 1. The minimum Gasteiger partial charge on any atom is -0.351 e. The molecule has 4 nitrogen and oxygen atoms in total. The number of urea groups is 1. The van der Waals surface area contributed by atoms with Gasteiger partial charge in [-0.05, 0) is 0 Å². The number of thioether (sulfide) groups is 1. The Morgan fingerprint density at radius 2 is 2.58 bits per heavy atom. The van der Waals surface area contributed by atoms with Crippen LogP contribution in [0.3, 0.4) is 0 Å². The van der Waals surface area contributed by atoms with E-state index < -0.39 is 0 Å². The van der Waals surface area contributed by atoms with Gasteiger partial charge in [-0.2, -0.15) is 0 Å². The third-order valence-corrected chi connectivity index (χ3v) is 2.82. The molecule has 2 amide bonds. The van der Waals surface area contributed by atoms with Crippen molar-refractivity contribution in [3.63, 3.8) is 0 Å². The van der Waals surface area contributed by atoms with Crippen molar-refractivity contribution in [1.82, 2.24) is 4.90 Å². The highest BCUT2D eigenvalue weighted by atomic mass is 32.2. The Labute approximate surface area is 74.5 Å². The molecule has 0 aromatic carbocycles. The van der Waals surface area contributed by atoms with Crippen molar-refractivity contribution in [3.05, 3.63) is 11.1 Å². The summed E-state index contributed by atoms with van der Waals surface area (Å²) in [6.07, 6.45) is 2.63. The number of hydrogen-bond acceptors (Lipinski definition) is 3. The molecular formula is C7H9N3OS. The summed E-state index contributed by atoms with van der Waals surface area (Å²) in [4.78, 5) is 17.7. The van der Waals surface area contributed by atoms with Crippen LogP contribution in [0.5, 0.6) is 0 Å². The lowest BCUT2D eigenvalue weighted by atomic mass is 10.2. The maximum atomic E-state index is 10.8. The third kappa shape index (κ3) is 1.20. The molecule has 0 saturated carbocycles. The van der Waals surface area contributed by atoms with Crippen molar-refractivity contribution in [1.29, 1.82) is 0 Å². The first kappa shape index (κ1) is 7.67. The summed E-state index contributed by atoms with van der Waals surface area (Å²) >= 11 is 1.66. The van der Waals surface area contributed by atoms with E-state index in [1.807, 2.05) is 0 Å². The maximum absolute atomic E-state index is 10.8. The first-order valence-corrected chi connectivity index (χ1v) is 4.70. The second-order valence-corrected chi connectivity index (χ2v) is 3.64. The van der Waals surface area contributed by atoms with Crippen LogP contribution in [0.4, 0.5) is 4.79 Å². The minimum atomic E-state index is -0.381. The number of nitrogens with zero attached hydrogens (tertiary/aromatic N) is 2. The topological polar surface area (TPSA) is 58.7 Å². The van der Waals surface area contributed by atoms with Crippen molar-refractivity contribution in [2.75, 3.05) is 12.4 Å². The number of primary amides is 1. The number of carbonyl (C=O) groups is 1. The van der Waals surface area contributed by atoms with Gasteiger partial charge in [0.05, 0.1) is 11.6 Å². The fourth-order valence-corrected chi connectivity index (χ4v) is 2.16. The Balaban J connectivity index is 2.22. The molecule has 64 valence electrons. The zero-order chi connectivity index (χ0) is 8.55. The molecule has 0 saturated heterocycles.